The summed E-state index contributed by atoms with van der Waals surface area (Å²) in [4.78, 5) is 40.2. The van der Waals surface area contributed by atoms with Crippen LogP contribution in [0.2, 0.25) is 0 Å². The summed E-state index contributed by atoms with van der Waals surface area (Å²) in [7, 11) is 1.27. The number of rotatable bonds is 5. The molecule has 0 bridgehead atoms. The number of aromatic nitrogens is 2. The maximum atomic E-state index is 12.6. The van der Waals surface area contributed by atoms with Crippen LogP contribution >= 0.6 is 36.6 Å². The lowest BCUT2D eigenvalue weighted by atomic mass is 9.95. The molecule has 1 aromatic rings. The predicted molar refractivity (Wildman–Crippen MR) is 120 cm³/mol. The summed E-state index contributed by atoms with van der Waals surface area (Å²) in [5.74, 6) is 1.35. The standard InChI is InChI=1S/C18H27N5O5S.2ClH/c1-27-15(24)10-23-18(26)28-16(20-23)12-2-4-21(5-3-12)13-8-14(19-9-13)17(25)22-6-7-29-11-22;;/h12-14,19H,2-11H2,1H3;2*1H/t13-,14-;;/m0../s1. The normalized spacial score (nSPS) is 24.5. The molecular weight excluding hydrogens is 469 g/mol. The van der Waals surface area contributed by atoms with Crippen molar-refractivity contribution in [1.29, 1.82) is 0 Å². The molecule has 31 heavy (non-hydrogen) atoms. The lowest BCUT2D eigenvalue weighted by Crippen LogP contribution is -2.42. The minimum absolute atomic E-state index is 0. The summed E-state index contributed by atoms with van der Waals surface area (Å²) in [6, 6.07) is 0.271. The van der Waals surface area contributed by atoms with E-state index in [1.807, 2.05) is 4.90 Å². The number of nitrogens with zero attached hydrogens (tertiary/aromatic N) is 4. The van der Waals surface area contributed by atoms with E-state index in [-0.39, 0.29) is 49.2 Å². The third kappa shape index (κ3) is 5.95. The molecule has 0 aliphatic carbocycles. The SMILES string of the molecule is COC(=O)Cn1nc(C2CCN([C@@H]3CN[C@H](C(=O)N4CCSC4)C3)CC2)oc1=O.Cl.Cl. The topological polar surface area (TPSA) is 110 Å². The van der Waals surface area contributed by atoms with Crippen LogP contribution in [0.4, 0.5) is 0 Å². The van der Waals surface area contributed by atoms with Crippen LogP contribution in [0.5, 0.6) is 0 Å². The Balaban J connectivity index is 0.00000171. The average Bonchev–Trinajstić information content (AvgIpc) is 3.49. The van der Waals surface area contributed by atoms with Gasteiger partial charge in [-0.1, -0.05) is 0 Å². The van der Waals surface area contributed by atoms with Gasteiger partial charge in [0, 0.05) is 30.8 Å². The number of methoxy groups -OCH3 is 1. The molecule has 0 aromatic carbocycles. The van der Waals surface area contributed by atoms with E-state index in [1.54, 1.807) is 11.8 Å². The quantitative estimate of drug-likeness (QED) is 0.573. The minimum atomic E-state index is -0.630. The largest absolute Gasteiger partial charge is 0.468 e. The molecule has 10 nitrogen and oxygen atoms in total. The second-order valence-corrected chi connectivity index (χ2v) is 8.81. The van der Waals surface area contributed by atoms with Crippen molar-refractivity contribution in [2.75, 3.05) is 44.9 Å². The van der Waals surface area contributed by atoms with Crippen molar-refractivity contribution in [3.05, 3.63) is 16.4 Å². The van der Waals surface area contributed by atoms with Gasteiger partial charge in [0.2, 0.25) is 11.8 Å². The first-order valence-corrected chi connectivity index (χ1v) is 11.2. The molecule has 13 heteroatoms. The van der Waals surface area contributed by atoms with Crippen molar-refractivity contribution < 1.29 is 18.7 Å². The Hall–Kier alpha value is -1.27. The van der Waals surface area contributed by atoms with Gasteiger partial charge in [-0.15, -0.1) is 41.7 Å². The molecule has 0 saturated carbocycles. The Labute approximate surface area is 197 Å². The fourth-order valence-corrected chi connectivity index (χ4v) is 5.23. The van der Waals surface area contributed by atoms with E-state index in [1.165, 1.54) is 7.11 Å². The third-order valence-corrected chi connectivity index (χ3v) is 6.96. The van der Waals surface area contributed by atoms with Crippen molar-refractivity contribution in [1.82, 2.24) is 24.9 Å². The predicted octanol–water partition coefficient (Wildman–Crippen LogP) is 0.296. The summed E-state index contributed by atoms with van der Waals surface area (Å²) in [6.07, 6.45) is 2.50. The van der Waals surface area contributed by atoms with Crippen LogP contribution in [0, 0.1) is 0 Å². The molecule has 3 fully saturated rings. The van der Waals surface area contributed by atoms with E-state index in [9.17, 15) is 14.4 Å². The second kappa shape index (κ2) is 11.6. The fraction of sp³-hybridized carbons (Fsp3) is 0.778. The van der Waals surface area contributed by atoms with Crippen molar-refractivity contribution in [3.63, 3.8) is 0 Å². The molecule has 0 spiro atoms. The van der Waals surface area contributed by atoms with Crippen LogP contribution in [-0.2, 0) is 20.9 Å². The number of esters is 1. The van der Waals surface area contributed by atoms with Gasteiger partial charge in [-0.05, 0) is 32.4 Å². The molecule has 3 aliphatic heterocycles. The van der Waals surface area contributed by atoms with Crippen LogP contribution < -0.4 is 11.1 Å². The zero-order valence-electron chi connectivity index (χ0n) is 17.4. The number of likely N-dealkylation sites (tertiary alicyclic amines) is 1. The van der Waals surface area contributed by atoms with Crippen LogP contribution in [0.1, 0.15) is 31.1 Å². The minimum Gasteiger partial charge on any atom is -0.468 e. The van der Waals surface area contributed by atoms with E-state index in [0.29, 0.717) is 11.9 Å². The molecule has 3 saturated heterocycles. The van der Waals surface area contributed by atoms with Crippen LogP contribution in [-0.4, -0.2) is 88.5 Å². The first kappa shape index (κ1) is 26.0. The second-order valence-electron chi connectivity index (χ2n) is 7.74. The Bertz CT molecular complexity index is 808. The molecule has 0 unspecified atom stereocenters. The molecular formula is C18H29Cl2N5O5S. The number of carbonyl (C=O) groups excluding carboxylic acids is 2. The Morgan fingerprint density at radius 1 is 1.26 bits per heavy atom. The number of nitrogens with one attached hydrogen (secondary N) is 1. The first-order chi connectivity index (χ1) is 14.0. The molecule has 1 amide bonds. The van der Waals surface area contributed by atoms with E-state index in [4.69, 9.17) is 4.42 Å². The van der Waals surface area contributed by atoms with E-state index in [2.05, 4.69) is 20.1 Å². The van der Waals surface area contributed by atoms with Gasteiger partial charge in [0.05, 0.1) is 19.0 Å². The van der Waals surface area contributed by atoms with Gasteiger partial charge in [0.25, 0.3) is 0 Å². The van der Waals surface area contributed by atoms with Crippen molar-refractivity contribution in [2.24, 2.45) is 0 Å². The maximum absolute atomic E-state index is 12.6. The molecule has 4 heterocycles. The van der Waals surface area contributed by atoms with Gasteiger partial charge in [0.15, 0.2) is 0 Å². The molecule has 2 atom stereocenters. The highest BCUT2D eigenvalue weighted by Gasteiger charge is 2.37. The smallest absolute Gasteiger partial charge is 0.437 e. The molecule has 0 radical (unpaired) electrons. The Kier molecular flexibility index (Phi) is 9.68. The lowest BCUT2D eigenvalue weighted by Gasteiger charge is -2.34. The number of carbonyl (C=O) groups is 2. The summed E-state index contributed by atoms with van der Waals surface area (Å²) < 4.78 is 10.9. The highest BCUT2D eigenvalue weighted by Crippen LogP contribution is 2.29. The maximum Gasteiger partial charge on any atom is 0.437 e. The van der Waals surface area contributed by atoms with E-state index >= 15 is 0 Å². The Morgan fingerprint density at radius 2 is 2.00 bits per heavy atom. The summed E-state index contributed by atoms with van der Waals surface area (Å²) in [5, 5.41) is 7.57. The van der Waals surface area contributed by atoms with Gasteiger partial charge >= 0.3 is 11.7 Å². The van der Waals surface area contributed by atoms with Crippen LogP contribution in [0.25, 0.3) is 0 Å². The highest BCUT2D eigenvalue weighted by atomic mass is 35.5. The zero-order valence-corrected chi connectivity index (χ0v) is 19.8. The summed E-state index contributed by atoms with van der Waals surface area (Å²) in [6.45, 7) is 3.17. The number of ether oxygens (including phenoxy) is 1. The van der Waals surface area contributed by atoms with Gasteiger partial charge in [-0.3, -0.25) is 14.5 Å². The molecule has 176 valence electrons. The van der Waals surface area contributed by atoms with Crippen molar-refractivity contribution in [2.45, 2.75) is 43.8 Å². The van der Waals surface area contributed by atoms with Crippen molar-refractivity contribution in [3.8, 4) is 0 Å². The monoisotopic (exact) mass is 497 g/mol. The fourth-order valence-electron chi connectivity index (χ4n) is 4.28. The first-order valence-electron chi connectivity index (χ1n) is 10.0. The number of hydrogen-bond donors (Lipinski definition) is 1. The van der Waals surface area contributed by atoms with Gasteiger partial charge < -0.3 is 19.4 Å². The van der Waals surface area contributed by atoms with Gasteiger partial charge in [0.1, 0.15) is 6.54 Å². The molecule has 3 aliphatic rings. The molecule has 1 N–H and O–H groups in total. The van der Waals surface area contributed by atoms with Crippen LogP contribution in [0.15, 0.2) is 9.21 Å². The van der Waals surface area contributed by atoms with Crippen LogP contribution in [0.3, 0.4) is 0 Å². The van der Waals surface area contributed by atoms with Crippen molar-refractivity contribution >= 4 is 48.5 Å². The zero-order chi connectivity index (χ0) is 20.4. The number of halogens is 2. The van der Waals surface area contributed by atoms with Gasteiger partial charge in [-0.2, -0.15) is 4.68 Å². The number of thioether (sulfide) groups is 1. The van der Waals surface area contributed by atoms with Gasteiger partial charge in [-0.25, -0.2) is 4.79 Å². The lowest BCUT2D eigenvalue weighted by molar-refractivity contribution is -0.141. The highest BCUT2D eigenvalue weighted by molar-refractivity contribution is 7.99. The number of piperidine rings is 1. The summed E-state index contributed by atoms with van der Waals surface area (Å²) in [5.41, 5.74) is 0. The summed E-state index contributed by atoms with van der Waals surface area (Å²) >= 11 is 1.81. The number of hydrogen-bond acceptors (Lipinski definition) is 9. The number of amides is 1. The average molecular weight is 498 g/mol. The Morgan fingerprint density at radius 3 is 2.65 bits per heavy atom. The molecule has 1 aromatic heterocycles. The third-order valence-electron chi connectivity index (χ3n) is 5.99. The molecule has 4 rings (SSSR count). The van der Waals surface area contributed by atoms with E-state index in [0.717, 1.165) is 61.8 Å². The van der Waals surface area contributed by atoms with E-state index < -0.39 is 11.7 Å².